The molecule has 0 saturated heterocycles. The van der Waals surface area contributed by atoms with Gasteiger partial charge in [0.05, 0.1) is 31.0 Å². The van der Waals surface area contributed by atoms with Crippen LogP contribution in [0.1, 0.15) is 22.5 Å². The van der Waals surface area contributed by atoms with Gasteiger partial charge in [0, 0.05) is 28.7 Å². The normalized spacial score (nSPS) is 11.5. The molecule has 1 aromatic heterocycles. The van der Waals surface area contributed by atoms with Crippen molar-refractivity contribution in [1.29, 1.82) is 0 Å². The predicted molar refractivity (Wildman–Crippen MR) is 156 cm³/mol. The Bertz CT molecular complexity index is 1680. The van der Waals surface area contributed by atoms with Crippen LogP contribution in [-0.4, -0.2) is 45.9 Å². The van der Waals surface area contributed by atoms with Gasteiger partial charge in [-0.05, 0) is 75.4 Å². The molecule has 0 unspecified atom stereocenters. The summed E-state index contributed by atoms with van der Waals surface area (Å²) < 4.78 is 54.5. The van der Waals surface area contributed by atoms with Crippen molar-refractivity contribution in [3.8, 4) is 17.2 Å². The van der Waals surface area contributed by atoms with Crippen LogP contribution < -0.4 is 19.2 Å². The van der Waals surface area contributed by atoms with Crippen LogP contribution in [0.3, 0.4) is 0 Å². The lowest BCUT2D eigenvalue weighted by molar-refractivity contribution is -0.119. The summed E-state index contributed by atoms with van der Waals surface area (Å²) in [5.41, 5.74) is 6.69. The maximum atomic E-state index is 13.8. The van der Waals surface area contributed by atoms with Crippen molar-refractivity contribution < 1.29 is 27.1 Å². The van der Waals surface area contributed by atoms with Crippen LogP contribution in [0.5, 0.6) is 11.5 Å². The van der Waals surface area contributed by atoms with E-state index in [1.54, 1.807) is 36.4 Å². The van der Waals surface area contributed by atoms with E-state index in [1.165, 1.54) is 50.8 Å². The van der Waals surface area contributed by atoms with Gasteiger partial charge in [-0.1, -0.05) is 17.7 Å². The molecule has 3 aromatic carbocycles. The van der Waals surface area contributed by atoms with Gasteiger partial charge in [-0.25, -0.2) is 18.2 Å². The summed E-state index contributed by atoms with van der Waals surface area (Å²) >= 11 is 0. The number of benzene rings is 3. The number of rotatable bonds is 10. The third kappa shape index (κ3) is 6.41. The van der Waals surface area contributed by atoms with Crippen molar-refractivity contribution in [2.45, 2.75) is 25.7 Å². The molecule has 41 heavy (non-hydrogen) atoms. The molecule has 0 fully saturated rings. The summed E-state index contributed by atoms with van der Waals surface area (Å²) in [7, 11) is -1.32. The summed E-state index contributed by atoms with van der Waals surface area (Å²) in [6.07, 6.45) is 1.48. The number of carbonyl (C=O) groups is 1. The Balaban J connectivity index is 1.61. The average molecular weight is 579 g/mol. The van der Waals surface area contributed by atoms with Gasteiger partial charge in [-0.2, -0.15) is 5.10 Å². The molecule has 9 nitrogen and oxygen atoms in total. The Kier molecular flexibility index (Phi) is 8.77. The van der Waals surface area contributed by atoms with Crippen LogP contribution in [0, 0.1) is 26.6 Å². The van der Waals surface area contributed by atoms with E-state index in [9.17, 15) is 17.6 Å². The van der Waals surface area contributed by atoms with Crippen LogP contribution >= 0.6 is 0 Å². The number of methoxy groups -OCH3 is 2. The lowest BCUT2D eigenvalue weighted by atomic mass is 10.2. The van der Waals surface area contributed by atoms with E-state index in [1.807, 2.05) is 31.4 Å². The molecule has 4 rings (SSSR count). The highest BCUT2D eigenvalue weighted by Crippen LogP contribution is 2.35. The first-order valence-corrected chi connectivity index (χ1v) is 14.1. The largest absolute Gasteiger partial charge is 0.497 e. The fraction of sp³-hybridized carbons (Fsp3) is 0.200. The number of aryl methyl sites for hydroxylation is 2. The van der Waals surface area contributed by atoms with E-state index in [0.29, 0.717) is 5.75 Å². The van der Waals surface area contributed by atoms with Crippen LogP contribution in [-0.2, 0) is 14.8 Å². The van der Waals surface area contributed by atoms with Crippen molar-refractivity contribution >= 4 is 27.8 Å². The van der Waals surface area contributed by atoms with E-state index in [-0.39, 0.29) is 22.1 Å². The molecule has 0 aliphatic heterocycles. The topological polar surface area (TPSA) is 102 Å². The van der Waals surface area contributed by atoms with Gasteiger partial charge >= 0.3 is 0 Å². The Labute approximate surface area is 238 Å². The van der Waals surface area contributed by atoms with Gasteiger partial charge in [0.1, 0.15) is 23.9 Å². The summed E-state index contributed by atoms with van der Waals surface area (Å²) in [5, 5.41) is 4.08. The zero-order chi connectivity index (χ0) is 29.7. The van der Waals surface area contributed by atoms with Gasteiger partial charge in [-0.15, -0.1) is 0 Å². The molecule has 0 aliphatic carbocycles. The fourth-order valence-electron chi connectivity index (χ4n) is 4.37. The third-order valence-electron chi connectivity index (χ3n) is 6.50. The predicted octanol–water partition coefficient (Wildman–Crippen LogP) is 4.90. The second-order valence-electron chi connectivity index (χ2n) is 9.29. The summed E-state index contributed by atoms with van der Waals surface area (Å²) in [4.78, 5) is 13.1. The molecule has 0 bridgehead atoms. The standard InChI is InChI=1S/C30H31FN4O5S/c1-20-6-13-27(14-7-20)41(37,38)34(28-17-26(39-4)12-15-29(28)40-5)19-30(36)33-32-18-23-16-21(2)35(22(23)3)25-10-8-24(31)9-11-25/h6-18H,19H2,1-5H3,(H,33,36)/b32-18-. The van der Waals surface area contributed by atoms with E-state index in [4.69, 9.17) is 9.47 Å². The zero-order valence-electron chi connectivity index (χ0n) is 23.4. The number of carbonyl (C=O) groups excluding carboxylic acids is 1. The molecule has 0 aliphatic rings. The third-order valence-corrected chi connectivity index (χ3v) is 8.27. The molecule has 1 N–H and O–H groups in total. The van der Waals surface area contributed by atoms with Crippen LogP contribution in [0.15, 0.2) is 82.8 Å². The van der Waals surface area contributed by atoms with Gasteiger partial charge in [0.15, 0.2) is 0 Å². The van der Waals surface area contributed by atoms with Gasteiger partial charge < -0.3 is 14.0 Å². The second kappa shape index (κ2) is 12.3. The molecular formula is C30H31FN4O5S. The smallest absolute Gasteiger partial charge is 0.264 e. The van der Waals surface area contributed by atoms with E-state index >= 15 is 0 Å². The molecule has 0 radical (unpaired) electrons. The number of amides is 1. The summed E-state index contributed by atoms with van der Waals surface area (Å²) in [6, 6.07) is 19.0. The Morgan fingerprint density at radius 3 is 2.29 bits per heavy atom. The lowest BCUT2D eigenvalue weighted by Crippen LogP contribution is -2.39. The minimum Gasteiger partial charge on any atom is -0.497 e. The molecule has 1 amide bonds. The molecular weight excluding hydrogens is 547 g/mol. The van der Waals surface area contributed by atoms with Crippen molar-refractivity contribution in [2.75, 3.05) is 25.1 Å². The monoisotopic (exact) mass is 578 g/mol. The Morgan fingerprint density at radius 1 is 0.976 bits per heavy atom. The van der Waals surface area contributed by atoms with Crippen molar-refractivity contribution in [3.05, 3.63) is 101 Å². The highest BCUT2D eigenvalue weighted by atomic mass is 32.2. The maximum absolute atomic E-state index is 13.8. The maximum Gasteiger partial charge on any atom is 0.264 e. The summed E-state index contributed by atoms with van der Waals surface area (Å²) in [5.74, 6) is -0.370. The number of ether oxygens (including phenoxy) is 2. The minimum absolute atomic E-state index is 0.0116. The van der Waals surface area contributed by atoms with Crippen molar-refractivity contribution in [2.24, 2.45) is 5.10 Å². The quantitative estimate of drug-likeness (QED) is 0.213. The zero-order valence-corrected chi connectivity index (χ0v) is 24.2. The lowest BCUT2D eigenvalue weighted by Gasteiger charge is -2.25. The Morgan fingerprint density at radius 2 is 1.66 bits per heavy atom. The number of hydrazone groups is 1. The first kappa shape index (κ1) is 29.3. The number of nitrogens with one attached hydrogen (secondary N) is 1. The number of hydrogen-bond acceptors (Lipinski definition) is 6. The number of sulfonamides is 1. The molecule has 0 saturated carbocycles. The second-order valence-corrected chi connectivity index (χ2v) is 11.2. The fourth-order valence-corrected chi connectivity index (χ4v) is 5.80. The van der Waals surface area contributed by atoms with E-state index in [0.717, 1.165) is 32.5 Å². The number of halogens is 1. The SMILES string of the molecule is COc1ccc(OC)c(N(CC(=O)N/N=C\c2cc(C)n(-c3ccc(F)cc3)c2C)S(=O)(=O)c2ccc(C)cc2)c1. The molecule has 214 valence electrons. The average Bonchev–Trinajstić information content (AvgIpc) is 3.24. The molecule has 1 heterocycles. The van der Waals surface area contributed by atoms with Crippen molar-refractivity contribution in [3.63, 3.8) is 0 Å². The Hall–Kier alpha value is -4.64. The summed E-state index contributed by atoms with van der Waals surface area (Å²) in [6.45, 7) is 5.06. The highest BCUT2D eigenvalue weighted by molar-refractivity contribution is 7.92. The first-order valence-electron chi connectivity index (χ1n) is 12.6. The molecule has 4 aromatic rings. The van der Waals surface area contributed by atoms with E-state index in [2.05, 4.69) is 10.5 Å². The van der Waals surface area contributed by atoms with Crippen LogP contribution in [0.2, 0.25) is 0 Å². The van der Waals surface area contributed by atoms with Gasteiger partial charge in [0.25, 0.3) is 15.9 Å². The van der Waals surface area contributed by atoms with E-state index < -0.39 is 22.5 Å². The van der Waals surface area contributed by atoms with Crippen LogP contribution in [0.25, 0.3) is 5.69 Å². The van der Waals surface area contributed by atoms with Crippen molar-refractivity contribution in [1.82, 2.24) is 9.99 Å². The minimum atomic E-state index is -4.19. The first-order chi connectivity index (χ1) is 19.5. The number of anilines is 1. The number of nitrogens with zero attached hydrogens (tertiary/aromatic N) is 3. The van der Waals surface area contributed by atoms with Gasteiger partial charge in [0.2, 0.25) is 0 Å². The van der Waals surface area contributed by atoms with Gasteiger partial charge in [-0.3, -0.25) is 9.10 Å². The number of hydrogen-bond donors (Lipinski definition) is 1. The number of aromatic nitrogens is 1. The van der Waals surface area contributed by atoms with Crippen LogP contribution in [0.4, 0.5) is 10.1 Å². The molecule has 0 atom stereocenters. The molecule has 0 spiro atoms. The molecule has 11 heteroatoms. The highest BCUT2D eigenvalue weighted by Gasteiger charge is 2.30.